The van der Waals surface area contributed by atoms with Crippen molar-refractivity contribution in [3.63, 3.8) is 0 Å². The predicted octanol–water partition coefficient (Wildman–Crippen LogP) is 3.60. The van der Waals surface area contributed by atoms with Crippen LogP contribution in [-0.2, 0) is 35.8 Å². The first kappa shape index (κ1) is 23.0. The molecule has 6 nitrogen and oxygen atoms in total. The molecule has 3 aromatic rings. The van der Waals surface area contributed by atoms with Crippen LogP contribution in [0.15, 0.2) is 113 Å². The summed E-state index contributed by atoms with van der Waals surface area (Å²) in [5, 5.41) is -2.66. The van der Waals surface area contributed by atoms with E-state index in [1.165, 1.54) is 24.3 Å². The third-order valence-corrected chi connectivity index (χ3v) is 11.0. The predicted molar refractivity (Wildman–Crippen MR) is 128 cm³/mol. The smallest absolute Gasteiger partial charge is 0.185 e. The van der Waals surface area contributed by atoms with E-state index >= 15 is 0 Å². The van der Waals surface area contributed by atoms with Gasteiger partial charge in [-0.1, -0.05) is 78.9 Å². The molecular formula is C26H24O6S2. The van der Waals surface area contributed by atoms with Gasteiger partial charge in [-0.25, -0.2) is 16.8 Å². The van der Waals surface area contributed by atoms with Crippen LogP contribution in [0.4, 0.5) is 0 Å². The van der Waals surface area contributed by atoms with E-state index in [1.807, 2.05) is 30.3 Å². The van der Waals surface area contributed by atoms with E-state index in [2.05, 4.69) is 0 Å². The van der Waals surface area contributed by atoms with Crippen LogP contribution in [0.3, 0.4) is 0 Å². The minimum atomic E-state index is -4.10. The molecule has 8 heteroatoms. The Balaban J connectivity index is 1.56. The van der Waals surface area contributed by atoms with Gasteiger partial charge >= 0.3 is 0 Å². The van der Waals surface area contributed by atoms with Crippen LogP contribution >= 0.6 is 0 Å². The molecule has 2 bridgehead atoms. The van der Waals surface area contributed by atoms with Crippen LogP contribution < -0.4 is 0 Å². The fourth-order valence-corrected chi connectivity index (χ4v) is 9.60. The monoisotopic (exact) mass is 496 g/mol. The standard InChI is InChI=1S/C26H24O6S2/c27-33(28,21-12-6-2-7-13-21)24-23-16-17-26(32-23,19-31-18-20-10-4-1-5-11-20)25(24)34(29,30)22-14-8-3-9-15-22/h1-17,23-25H,18-19H2/t23-,24-,25+,26-/m1/s1. The van der Waals surface area contributed by atoms with Crippen molar-refractivity contribution in [2.45, 2.75) is 38.6 Å². The largest absolute Gasteiger partial charge is 0.373 e. The minimum Gasteiger partial charge on any atom is -0.373 e. The topological polar surface area (TPSA) is 86.7 Å². The van der Waals surface area contributed by atoms with Crippen LogP contribution in [0.2, 0.25) is 0 Å². The lowest BCUT2D eigenvalue weighted by molar-refractivity contribution is -0.0405. The van der Waals surface area contributed by atoms with Crippen LogP contribution in [0.5, 0.6) is 0 Å². The van der Waals surface area contributed by atoms with E-state index in [1.54, 1.807) is 48.6 Å². The summed E-state index contributed by atoms with van der Waals surface area (Å²) < 4.78 is 67.4. The highest BCUT2D eigenvalue weighted by molar-refractivity contribution is 7.96. The molecule has 0 radical (unpaired) electrons. The number of hydrogen-bond acceptors (Lipinski definition) is 6. The number of hydrogen-bond donors (Lipinski definition) is 0. The van der Waals surface area contributed by atoms with Gasteiger partial charge in [0, 0.05) is 0 Å². The summed E-state index contributed by atoms with van der Waals surface area (Å²) in [6, 6.07) is 25.3. The van der Waals surface area contributed by atoms with Crippen LogP contribution in [0.25, 0.3) is 0 Å². The molecule has 0 amide bonds. The van der Waals surface area contributed by atoms with Crippen molar-refractivity contribution in [2.75, 3.05) is 6.61 Å². The molecule has 5 rings (SSSR count). The molecule has 2 aliphatic rings. The SMILES string of the molecule is O=S(=O)(c1ccccc1)[C@@H]1[C@H]2C=C[C@](COCc3ccccc3)(O2)[C@H]1S(=O)(=O)c1ccccc1. The van der Waals surface area contributed by atoms with E-state index in [9.17, 15) is 16.8 Å². The highest BCUT2D eigenvalue weighted by Gasteiger charge is 2.66. The third kappa shape index (κ3) is 3.90. The highest BCUT2D eigenvalue weighted by Crippen LogP contribution is 2.48. The van der Waals surface area contributed by atoms with Crippen molar-refractivity contribution in [3.8, 4) is 0 Å². The molecule has 176 valence electrons. The van der Waals surface area contributed by atoms with Crippen molar-refractivity contribution in [3.05, 3.63) is 109 Å². The average molecular weight is 497 g/mol. The van der Waals surface area contributed by atoms with Crippen molar-refractivity contribution >= 4 is 19.7 Å². The van der Waals surface area contributed by atoms with Gasteiger partial charge < -0.3 is 9.47 Å². The van der Waals surface area contributed by atoms with Gasteiger partial charge in [-0.15, -0.1) is 0 Å². The van der Waals surface area contributed by atoms with Crippen LogP contribution in [0.1, 0.15) is 5.56 Å². The van der Waals surface area contributed by atoms with Gasteiger partial charge in [0.05, 0.1) is 29.1 Å². The summed E-state index contributed by atoms with van der Waals surface area (Å²) in [5.74, 6) is 0. The van der Waals surface area contributed by atoms with Crippen molar-refractivity contribution < 1.29 is 26.3 Å². The molecule has 2 aliphatic heterocycles. The van der Waals surface area contributed by atoms with Gasteiger partial charge in [-0.3, -0.25) is 0 Å². The Bertz CT molecular complexity index is 1390. The van der Waals surface area contributed by atoms with Gasteiger partial charge in [-0.05, 0) is 29.8 Å². The Hall–Kier alpha value is -2.78. The van der Waals surface area contributed by atoms with E-state index < -0.39 is 41.9 Å². The molecule has 0 spiro atoms. The van der Waals surface area contributed by atoms with E-state index in [4.69, 9.17) is 9.47 Å². The molecule has 0 saturated carbocycles. The van der Waals surface area contributed by atoms with Gasteiger partial charge in [-0.2, -0.15) is 0 Å². The van der Waals surface area contributed by atoms with E-state index in [0.717, 1.165) is 5.56 Å². The molecule has 1 saturated heterocycles. The fraction of sp³-hybridized carbons (Fsp3) is 0.231. The Morgan fingerprint density at radius 2 is 1.26 bits per heavy atom. The van der Waals surface area contributed by atoms with Crippen molar-refractivity contribution in [2.24, 2.45) is 0 Å². The number of rotatable bonds is 8. The summed E-state index contributed by atoms with van der Waals surface area (Å²) in [6.07, 6.45) is 2.41. The molecule has 0 aromatic heterocycles. The quantitative estimate of drug-likeness (QED) is 0.443. The molecule has 0 N–H and O–H groups in total. The van der Waals surface area contributed by atoms with E-state index in [-0.39, 0.29) is 23.0 Å². The second kappa shape index (κ2) is 8.78. The van der Waals surface area contributed by atoms with Crippen LogP contribution in [-0.4, -0.2) is 45.6 Å². The lowest BCUT2D eigenvalue weighted by atomic mass is 9.94. The maximum absolute atomic E-state index is 13.9. The van der Waals surface area contributed by atoms with Crippen molar-refractivity contribution in [1.82, 2.24) is 0 Å². The highest BCUT2D eigenvalue weighted by atomic mass is 32.2. The molecule has 2 heterocycles. The Morgan fingerprint density at radius 3 is 1.85 bits per heavy atom. The lowest BCUT2D eigenvalue weighted by Crippen LogP contribution is -2.53. The first-order valence-corrected chi connectivity index (χ1v) is 14.0. The Morgan fingerprint density at radius 1 is 0.735 bits per heavy atom. The van der Waals surface area contributed by atoms with Gasteiger partial charge in [0.25, 0.3) is 0 Å². The van der Waals surface area contributed by atoms with Gasteiger partial charge in [0.1, 0.15) is 16.1 Å². The number of fused-ring (bicyclic) bond motifs is 2. The lowest BCUT2D eigenvalue weighted by Gasteiger charge is -2.33. The number of ether oxygens (including phenoxy) is 2. The summed E-state index contributed by atoms with van der Waals surface area (Å²) in [4.78, 5) is 0.124. The maximum atomic E-state index is 13.9. The first-order valence-electron chi connectivity index (χ1n) is 10.9. The second-order valence-corrected chi connectivity index (χ2v) is 12.7. The molecular weight excluding hydrogens is 472 g/mol. The van der Waals surface area contributed by atoms with E-state index in [0.29, 0.717) is 0 Å². The summed E-state index contributed by atoms with van der Waals surface area (Å²) in [6.45, 7) is 0.158. The van der Waals surface area contributed by atoms with Crippen molar-refractivity contribution in [1.29, 1.82) is 0 Å². The Labute approximate surface area is 199 Å². The molecule has 3 aromatic carbocycles. The summed E-state index contributed by atoms with van der Waals surface area (Å²) in [5.41, 5.74) is -0.493. The minimum absolute atomic E-state index is 0.0558. The molecule has 34 heavy (non-hydrogen) atoms. The first-order chi connectivity index (χ1) is 16.3. The van der Waals surface area contributed by atoms with Crippen LogP contribution in [0, 0.1) is 0 Å². The normalized spacial score (nSPS) is 26.1. The Kier molecular flexibility index (Phi) is 5.93. The third-order valence-electron chi connectivity index (χ3n) is 6.30. The second-order valence-electron chi connectivity index (χ2n) is 8.48. The zero-order chi connectivity index (χ0) is 23.8. The zero-order valence-electron chi connectivity index (χ0n) is 18.2. The summed E-state index contributed by atoms with van der Waals surface area (Å²) in [7, 11) is -8.13. The van der Waals surface area contributed by atoms with Gasteiger partial charge in [0.2, 0.25) is 0 Å². The number of benzene rings is 3. The number of sulfone groups is 2. The van der Waals surface area contributed by atoms with Gasteiger partial charge in [0.15, 0.2) is 19.7 Å². The molecule has 0 unspecified atom stereocenters. The zero-order valence-corrected chi connectivity index (χ0v) is 19.9. The molecule has 1 fully saturated rings. The maximum Gasteiger partial charge on any atom is 0.185 e. The summed E-state index contributed by atoms with van der Waals surface area (Å²) >= 11 is 0. The average Bonchev–Trinajstić information content (AvgIpc) is 3.43. The molecule has 4 atom stereocenters. The fourth-order valence-electron chi connectivity index (χ4n) is 4.75. The molecule has 0 aliphatic carbocycles.